The van der Waals surface area contributed by atoms with Crippen molar-refractivity contribution in [2.24, 2.45) is 0 Å². The summed E-state index contributed by atoms with van der Waals surface area (Å²) in [6, 6.07) is 8.25. The Labute approximate surface area is 132 Å². The van der Waals surface area contributed by atoms with Gasteiger partial charge in [-0.05, 0) is 38.3 Å². The fraction of sp³-hybridized carbons (Fsp3) is 0.600. The molecule has 1 aliphatic rings. The van der Waals surface area contributed by atoms with Crippen LogP contribution in [0.1, 0.15) is 38.4 Å². The number of halogens is 2. The number of hydrogen-bond donors (Lipinski definition) is 0. The predicted octanol–water partition coefficient (Wildman–Crippen LogP) is 4.86. The number of alkyl halides is 1. The molecule has 1 aromatic carbocycles. The van der Waals surface area contributed by atoms with E-state index in [2.05, 4.69) is 57.8 Å². The van der Waals surface area contributed by atoms with Gasteiger partial charge in [-0.25, -0.2) is 0 Å². The van der Waals surface area contributed by atoms with Gasteiger partial charge in [-0.1, -0.05) is 50.1 Å². The van der Waals surface area contributed by atoms with Crippen molar-refractivity contribution in [2.45, 2.75) is 51.1 Å². The van der Waals surface area contributed by atoms with E-state index in [1.807, 2.05) is 12.1 Å². The molecule has 1 heterocycles. The third-order valence-corrected chi connectivity index (χ3v) is 4.71. The van der Waals surface area contributed by atoms with Crippen molar-refractivity contribution >= 4 is 31.9 Å². The van der Waals surface area contributed by atoms with Gasteiger partial charge in [0.2, 0.25) is 0 Å². The zero-order valence-electron chi connectivity index (χ0n) is 11.3. The molecule has 3 atom stereocenters. The van der Waals surface area contributed by atoms with E-state index in [9.17, 15) is 0 Å². The van der Waals surface area contributed by atoms with E-state index in [1.54, 1.807) is 0 Å². The average molecular weight is 392 g/mol. The van der Waals surface area contributed by atoms with E-state index in [1.165, 1.54) is 5.56 Å². The van der Waals surface area contributed by atoms with Gasteiger partial charge in [0.25, 0.3) is 0 Å². The van der Waals surface area contributed by atoms with Crippen molar-refractivity contribution in [3.8, 4) is 0 Å². The molecule has 0 aromatic heterocycles. The minimum Gasteiger partial charge on any atom is -0.375 e. The Morgan fingerprint density at radius 3 is 2.47 bits per heavy atom. The van der Waals surface area contributed by atoms with E-state index >= 15 is 0 Å². The summed E-state index contributed by atoms with van der Waals surface area (Å²) in [5.74, 6) is 0. The summed E-state index contributed by atoms with van der Waals surface area (Å²) in [5.41, 5.74) is 1.20. The molecular formula is C15H20Br2O2. The van der Waals surface area contributed by atoms with Crippen LogP contribution in [-0.4, -0.2) is 23.6 Å². The molecule has 1 aromatic rings. The normalized spacial score (nSPS) is 29.2. The summed E-state index contributed by atoms with van der Waals surface area (Å²) in [6.45, 7) is 4.24. The highest BCUT2D eigenvalue weighted by molar-refractivity contribution is 9.10. The lowest BCUT2D eigenvalue weighted by Gasteiger charge is -2.34. The lowest BCUT2D eigenvalue weighted by molar-refractivity contribution is -0.118. The molecule has 0 bridgehead atoms. The third-order valence-electron chi connectivity index (χ3n) is 3.40. The maximum Gasteiger partial charge on any atom is 0.0936 e. The quantitative estimate of drug-likeness (QED) is 0.682. The molecular weight excluding hydrogens is 372 g/mol. The summed E-state index contributed by atoms with van der Waals surface area (Å²) in [7, 11) is 0. The van der Waals surface area contributed by atoms with Crippen LogP contribution < -0.4 is 0 Å². The van der Waals surface area contributed by atoms with Gasteiger partial charge < -0.3 is 9.47 Å². The molecule has 1 saturated heterocycles. The summed E-state index contributed by atoms with van der Waals surface area (Å²) < 4.78 is 13.2. The smallest absolute Gasteiger partial charge is 0.0936 e. The van der Waals surface area contributed by atoms with Crippen LogP contribution in [0.3, 0.4) is 0 Å². The van der Waals surface area contributed by atoms with Crippen LogP contribution >= 0.6 is 31.9 Å². The molecule has 0 saturated carbocycles. The van der Waals surface area contributed by atoms with Crippen LogP contribution in [0, 0.1) is 0 Å². The molecule has 0 N–H and O–H groups in total. The van der Waals surface area contributed by atoms with Gasteiger partial charge in [0, 0.05) is 9.80 Å². The second kappa shape index (κ2) is 7.21. The van der Waals surface area contributed by atoms with Crippen LogP contribution in [-0.2, 0) is 9.47 Å². The van der Waals surface area contributed by atoms with Crippen LogP contribution in [0.15, 0.2) is 28.7 Å². The predicted molar refractivity (Wildman–Crippen MR) is 84.8 cm³/mol. The number of rotatable bonds is 4. The highest BCUT2D eigenvalue weighted by Gasteiger charge is 2.28. The van der Waals surface area contributed by atoms with Crippen molar-refractivity contribution in [1.82, 2.24) is 0 Å². The molecule has 0 aliphatic carbocycles. The number of hydrogen-bond acceptors (Lipinski definition) is 2. The number of ether oxygens (including phenoxy) is 2. The van der Waals surface area contributed by atoms with E-state index < -0.39 is 0 Å². The van der Waals surface area contributed by atoms with E-state index in [-0.39, 0.29) is 24.4 Å². The molecule has 4 heteroatoms. The summed E-state index contributed by atoms with van der Waals surface area (Å²) in [4.78, 5) is 0. The zero-order chi connectivity index (χ0) is 13.8. The van der Waals surface area contributed by atoms with E-state index in [0.29, 0.717) is 0 Å². The van der Waals surface area contributed by atoms with Gasteiger partial charge in [0.05, 0.1) is 24.4 Å². The summed E-state index contributed by atoms with van der Waals surface area (Å²) >= 11 is 7.17. The summed E-state index contributed by atoms with van der Waals surface area (Å²) in [6.07, 6.45) is 2.86. The minimum atomic E-state index is 0.0816. The van der Waals surface area contributed by atoms with Crippen molar-refractivity contribution in [3.05, 3.63) is 34.3 Å². The topological polar surface area (TPSA) is 18.5 Å². The van der Waals surface area contributed by atoms with Crippen LogP contribution in [0.4, 0.5) is 0 Å². The van der Waals surface area contributed by atoms with Gasteiger partial charge in [-0.15, -0.1) is 0 Å². The average Bonchev–Trinajstić information content (AvgIpc) is 2.36. The largest absolute Gasteiger partial charge is 0.375 e. The fourth-order valence-electron chi connectivity index (χ4n) is 2.62. The first-order chi connectivity index (χ1) is 9.10. The molecule has 2 rings (SSSR count). The second-order valence-electron chi connectivity index (χ2n) is 5.15. The van der Waals surface area contributed by atoms with Crippen molar-refractivity contribution in [3.63, 3.8) is 0 Å². The fourth-order valence-corrected chi connectivity index (χ4v) is 3.66. The van der Waals surface area contributed by atoms with Crippen molar-refractivity contribution in [1.29, 1.82) is 0 Å². The summed E-state index contributed by atoms with van der Waals surface area (Å²) in [5, 5.41) is 0.801. The van der Waals surface area contributed by atoms with Crippen molar-refractivity contribution in [2.75, 3.05) is 5.33 Å². The minimum absolute atomic E-state index is 0.0816. The SMILES string of the molecule is CC1CC(OC(CBr)c2ccccc2Br)CC(C)O1. The molecule has 3 unspecified atom stereocenters. The maximum atomic E-state index is 6.29. The lowest BCUT2D eigenvalue weighted by atomic mass is 10.0. The number of benzene rings is 1. The third kappa shape index (κ3) is 4.28. The van der Waals surface area contributed by atoms with Gasteiger partial charge in [0.1, 0.15) is 0 Å². The molecule has 2 nitrogen and oxygen atoms in total. The Morgan fingerprint density at radius 1 is 1.26 bits per heavy atom. The van der Waals surface area contributed by atoms with E-state index in [4.69, 9.17) is 9.47 Å². The van der Waals surface area contributed by atoms with E-state index in [0.717, 1.165) is 22.6 Å². The first-order valence-corrected chi connectivity index (χ1v) is 8.63. The highest BCUT2D eigenvalue weighted by Crippen LogP contribution is 2.32. The van der Waals surface area contributed by atoms with Crippen LogP contribution in [0.25, 0.3) is 0 Å². The second-order valence-corrected chi connectivity index (χ2v) is 6.65. The van der Waals surface area contributed by atoms with Crippen molar-refractivity contribution < 1.29 is 9.47 Å². The molecule has 106 valence electrons. The Bertz CT molecular complexity index is 401. The van der Waals surface area contributed by atoms with Crippen LogP contribution in [0.5, 0.6) is 0 Å². The van der Waals surface area contributed by atoms with Gasteiger partial charge in [-0.3, -0.25) is 0 Å². The highest BCUT2D eigenvalue weighted by atomic mass is 79.9. The monoisotopic (exact) mass is 390 g/mol. The Balaban J connectivity index is 2.05. The molecule has 19 heavy (non-hydrogen) atoms. The Morgan fingerprint density at radius 2 is 1.89 bits per heavy atom. The zero-order valence-corrected chi connectivity index (χ0v) is 14.5. The standard InChI is InChI=1S/C15H20Br2O2/c1-10-7-12(8-11(2)18-10)19-15(9-16)13-5-3-4-6-14(13)17/h3-6,10-12,15H,7-9H2,1-2H3. The molecule has 0 radical (unpaired) electrons. The molecule has 0 amide bonds. The molecule has 1 aliphatic heterocycles. The molecule has 1 fully saturated rings. The maximum absolute atomic E-state index is 6.29. The van der Waals surface area contributed by atoms with Gasteiger partial charge >= 0.3 is 0 Å². The Kier molecular flexibility index (Phi) is 5.87. The Hall–Kier alpha value is 0.1000. The lowest BCUT2D eigenvalue weighted by Crippen LogP contribution is -2.35. The van der Waals surface area contributed by atoms with Gasteiger partial charge in [0.15, 0.2) is 0 Å². The first-order valence-electron chi connectivity index (χ1n) is 6.71. The molecule has 0 spiro atoms. The first kappa shape index (κ1) is 15.5. The van der Waals surface area contributed by atoms with Crippen LogP contribution in [0.2, 0.25) is 0 Å². The van der Waals surface area contributed by atoms with Gasteiger partial charge in [-0.2, -0.15) is 0 Å².